The smallest absolute Gasteiger partial charge is 0.191 e. The highest BCUT2D eigenvalue weighted by atomic mass is 127. The van der Waals surface area contributed by atoms with Crippen molar-refractivity contribution in [3.63, 3.8) is 0 Å². The lowest BCUT2D eigenvalue weighted by atomic mass is 10.1. The lowest BCUT2D eigenvalue weighted by molar-refractivity contribution is 0.121. The summed E-state index contributed by atoms with van der Waals surface area (Å²) in [5, 5.41) is 6.64. The van der Waals surface area contributed by atoms with Crippen LogP contribution in [0.3, 0.4) is 0 Å². The van der Waals surface area contributed by atoms with Crippen LogP contribution >= 0.6 is 24.0 Å². The summed E-state index contributed by atoms with van der Waals surface area (Å²) in [6.45, 7) is 11.0. The molecule has 0 aliphatic rings. The zero-order chi connectivity index (χ0) is 18.3. The van der Waals surface area contributed by atoms with Crippen molar-refractivity contribution < 1.29 is 9.47 Å². The van der Waals surface area contributed by atoms with Crippen LogP contribution in [0.4, 0.5) is 0 Å². The number of aliphatic imine (C=N–C) groups is 1. The zero-order valence-electron chi connectivity index (χ0n) is 16.7. The number of nitrogens with zero attached hydrogens (tertiary/aromatic N) is 1. The van der Waals surface area contributed by atoms with Gasteiger partial charge in [-0.05, 0) is 29.9 Å². The Morgan fingerprint density at radius 2 is 1.77 bits per heavy atom. The number of ether oxygens (including phenoxy) is 2. The maximum absolute atomic E-state index is 5.67. The quantitative estimate of drug-likeness (QED) is 0.207. The van der Waals surface area contributed by atoms with Crippen LogP contribution in [-0.2, 0) is 22.6 Å². The molecule has 26 heavy (non-hydrogen) atoms. The minimum Gasteiger partial charge on any atom is -0.380 e. The molecule has 0 aromatic heterocycles. The van der Waals surface area contributed by atoms with E-state index in [4.69, 9.17) is 9.47 Å². The molecule has 0 atom stereocenters. The van der Waals surface area contributed by atoms with Gasteiger partial charge >= 0.3 is 0 Å². The predicted molar refractivity (Wildman–Crippen MR) is 120 cm³/mol. The van der Waals surface area contributed by atoms with Crippen LogP contribution in [0.5, 0.6) is 0 Å². The number of nitrogens with one attached hydrogen (secondary N) is 2. The molecule has 0 bridgehead atoms. The average Bonchev–Trinajstić information content (AvgIpc) is 2.61. The van der Waals surface area contributed by atoms with Crippen LogP contribution in [0.2, 0.25) is 0 Å². The van der Waals surface area contributed by atoms with E-state index < -0.39 is 0 Å². The molecule has 150 valence electrons. The monoisotopic (exact) mass is 477 g/mol. The molecule has 0 aliphatic carbocycles. The van der Waals surface area contributed by atoms with Crippen molar-refractivity contribution in [3.8, 4) is 0 Å². The van der Waals surface area contributed by atoms with Gasteiger partial charge in [0, 0.05) is 33.4 Å². The van der Waals surface area contributed by atoms with Gasteiger partial charge in [-0.15, -0.1) is 24.0 Å². The van der Waals surface area contributed by atoms with Gasteiger partial charge in [0.05, 0.1) is 13.2 Å². The van der Waals surface area contributed by atoms with E-state index >= 15 is 0 Å². The van der Waals surface area contributed by atoms with Crippen LogP contribution in [0.1, 0.15) is 44.7 Å². The van der Waals surface area contributed by atoms with Crippen molar-refractivity contribution in [1.29, 1.82) is 0 Å². The highest BCUT2D eigenvalue weighted by Crippen LogP contribution is 2.10. The van der Waals surface area contributed by atoms with E-state index in [-0.39, 0.29) is 24.0 Å². The molecule has 6 heteroatoms. The van der Waals surface area contributed by atoms with E-state index in [0.717, 1.165) is 45.1 Å². The van der Waals surface area contributed by atoms with Gasteiger partial charge in [-0.2, -0.15) is 0 Å². The number of benzene rings is 1. The van der Waals surface area contributed by atoms with Gasteiger partial charge in [0.25, 0.3) is 0 Å². The zero-order valence-corrected chi connectivity index (χ0v) is 19.0. The molecule has 0 radical (unpaired) electrons. The summed E-state index contributed by atoms with van der Waals surface area (Å²) in [5.41, 5.74) is 2.45. The molecule has 0 unspecified atom stereocenters. The first-order valence-corrected chi connectivity index (χ1v) is 9.34. The summed E-state index contributed by atoms with van der Waals surface area (Å²) in [4.78, 5) is 4.26. The third-order valence-corrected chi connectivity index (χ3v) is 3.77. The highest BCUT2D eigenvalue weighted by molar-refractivity contribution is 14.0. The van der Waals surface area contributed by atoms with Crippen LogP contribution < -0.4 is 10.6 Å². The molecule has 1 aromatic carbocycles. The van der Waals surface area contributed by atoms with E-state index in [1.54, 1.807) is 7.05 Å². The Balaban J connectivity index is 0.00000625. The molecule has 0 amide bonds. The molecule has 0 heterocycles. The predicted octanol–water partition coefficient (Wildman–Crippen LogP) is 3.96. The second-order valence-corrected chi connectivity index (χ2v) is 6.47. The molecule has 0 spiro atoms. The summed E-state index contributed by atoms with van der Waals surface area (Å²) in [6, 6.07) is 8.35. The second-order valence-electron chi connectivity index (χ2n) is 6.47. The van der Waals surface area contributed by atoms with Gasteiger partial charge < -0.3 is 20.1 Å². The fraction of sp³-hybridized carbons (Fsp3) is 0.650. The molecule has 0 saturated heterocycles. The Labute approximate surface area is 176 Å². The fourth-order valence-electron chi connectivity index (χ4n) is 2.26. The van der Waals surface area contributed by atoms with Crippen molar-refractivity contribution in [2.24, 2.45) is 10.9 Å². The van der Waals surface area contributed by atoms with E-state index in [1.165, 1.54) is 11.1 Å². The molecule has 2 N–H and O–H groups in total. The lowest BCUT2D eigenvalue weighted by Crippen LogP contribution is -2.38. The SMILES string of the molecule is CCCOCc1ccccc1CNC(=NC)NCCOCCC(C)C.I. The lowest BCUT2D eigenvalue weighted by Gasteiger charge is -2.14. The maximum Gasteiger partial charge on any atom is 0.191 e. The summed E-state index contributed by atoms with van der Waals surface area (Å²) in [5.74, 6) is 1.47. The number of guanidine groups is 1. The molecule has 1 rings (SSSR count). The van der Waals surface area contributed by atoms with Gasteiger partial charge in [-0.3, -0.25) is 4.99 Å². The Morgan fingerprint density at radius 3 is 2.42 bits per heavy atom. The first-order valence-electron chi connectivity index (χ1n) is 9.34. The van der Waals surface area contributed by atoms with E-state index in [1.807, 2.05) is 0 Å². The maximum atomic E-state index is 5.67. The minimum absolute atomic E-state index is 0. The Morgan fingerprint density at radius 1 is 1.04 bits per heavy atom. The molecule has 0 aliphatic heterocycles. The Bertz CT molecular complexity index is 496. The molecule has 0 fully saturated rings. The normalized spacial score (nSPS) is 11.3. The molecular formula is C20H36IN3O2. The van der Waals surface area contributed by atoms with Crippen molar-refractivity contribution >= 4 is 29.9 Å². The second kappa shape index (κ2) is 16.3. The Kier molecular flexibility index (Phi) is 15.8. The molecular weight excluding hydrogens is 441 g/mol. The van der Waals surface area contributed by atoms with Crippen LogP contribution in [0.15, 0.2) is 29.3 Å². The van der Waals surface area contributed by atoms with Gasteiger partial charge in [0.1, 0.15) is 0 Å². The minimum atomic E-state index is 0. The first kappa shape index (κ1) is 25.1. The van der Waals surface area contributed by atoms with Crippen molar-refractivity contribution in [1.82, 2.24) is 10.6 Å². The van der Waals surface area contributed by atoms with Gasteiger partial charge in [-0.25, -0.2) is 0 Å². The first-order chi connectivity index (χ1) is 12.2. The van der Waals surface area contributed by atoms with Crippen molar-refractivity contribution in [3.05, 3.63) is 35.4 Å². The Hall–Kier alpha value is -0.860. The number of halogens is 1. The number of hydrogen-bond donors (Lipinski definition) is 2. The third-order valence-electron chi connectivity index (χ3n) is 3.77. The van der Waals surface area contributed by atoms with Crippen molar-refractivity contribution in [2.45, 2.75) is 46.8 Å². The van der Waals surface area contributed by atoms with Crippen LogP contribution in [0, 0.1) is 5.92 Å². The summed E-state index contributed by atoms with van der Waals surface area (Å²) >= 11 is 0. The van der Waals surface area contributed by atoms with Crippen molar-refractivity contribution in [2.75, 3.05) is 33.4 Å². The number of rotatable bonds is 12. The van der Waals surface area contributed by atoms with E-state index in [9.17, 15) is 0 Å². The summed E-state index contributed by atoms with van der Waals surface area (Å²) in [7, 11) is 1.78. The fourth-order valence-corrected chi connectivity index (χ4v) is 2.26. The van der Waals surface area contributed by atoms with E-state index in [2.05, 4.69) is 60.7 Å². The highest BCUT2D eigenvalue weighted by Gasteiger charge is 2.04. The number of hydrogen-bond acceptors (Lipinski definition) is 3. The van der Waals surface area contributed by atoms with Gasteiger partial charge in [0.15, 0.2) is 5.96 Å². The average molecular weight is 477 g/mol. The van der Waals surface area contributed by atoms with Crippen LogP contribution in [0.25, 0.3) is 0 Å². The summed E-state index contributed by atoms with van der Waals surface area (Å²) in [6.07, 6.45) is 2.14. The third kappa shape index (κ3) is 11.7. The molecule has 0 saturated carbocycles. The standard InChI is InChI=1S/C20H35N3O2.HI/c1-5-12-25-16-19-9-7-6-8-18(19)15-23-20(21-4)22-11-14-24-13-10-17(2)3;/h6-9,17H,5,10-16H2,1-4H3,(H2,21,22,23);1H. The topological polar surface area (TPSA) is 54.9 Å². The molecule has 5 nitrogen and oxygen atoms in total. The largest absolute Gasteiger partial charge is 0.380 e. The molecule has 1 aromatic rings. The summed E-state index contributed by atoms with van der Waals surface area (Å²) < 4.78 is 11.3. The van der Waals surface area contributed by atoms with Crippen LogP contribution in [-0.4, -0.2) is 39.4 Å². The van der Waals surface area contributed by atoms with Gasteiger partial charge in [0.2, 0.25) is 0 Å². The van der Waals surface area contributed by atoms with Gasteiger partial charge in [-0.1, -0.05) is 45.0 Å². The van der Waals surface area contributed by atoms with E-state index in [0.29, 0.717) is 19.1 Å².